The number of allylic oxidation sites excluding steroid dienone is 1. The van der Waals surface area contributed by atoms with Gasteiger partial charge in [0.25, 0.3) is 0 Å². The molecule has 0 saturated carbocycles. The van der Waals surface area contributed by atoms with E-state index in [0.29, 0.717) is 5.75 Å². The molecule has 3 heteroatoms. The molecule has 0 aromatic heterocycles. The van der Waals surface area contributed by atoms with E-state index >= 15 is 0 Å². The molecule has 108 valence electrons. The van der Waals surface area contributed by atoms with E-state index in [2.05, 4.69) is 6.58 Å². The van der Waals surface area contributed by atoms with Crippen molar-refractivity contribution in [2.75, 3.05) is 0 Å². The van der Waals surface area contributed by atoms with Gasteiger partial charge in [-0.05, 0) is 41.8 Å². The van der Waals surface area contributed by atoms with Crippen molar-refractivity contribution in [1.29, 1.82) is 0 Å². The first-order chi connectivity index (χ1) is 9.97. The average Bonchev–Trinajstić information content (AvgIpc) is 2.48. The molecule has 2 aromatic carbocycles. The number of carbonyl (C=O) groups excluding carboxylic acids is 1. The summed E-state index contributed by atoms with van der Waals surface area (Å²) >= 11 is 0. The fourth-order valence-electron chi connectivity index (χ4n) is 1.91. The van der Waals surface area contributed by atoms with Gasteiger partial charge in [0.05, 0.1) is 6.10 Å². The van der Waals surface area contributed by atoms with Gasteiger partial charge >= 0.3 is 0 Å². The van der Waals surface area contributed by atoms with Gasteiger partial charge in [0.15, 0.2) is 11.5 Å². The predicted octanol–water partition coefficient (Wildman–Crippen LogP) is 3.89. The third kappa shape index (κ3) is 3.80. The van der Waals surface area contributed by atoms with Gasteiger partial charge in [-0.2, -0.15) is 0 Å². The van der Waals surface area contributed by atoms with Crippen molar-refractivity contribution in [3.8, 4) is 16.9 Å². The Balaban J connectivity index is 2.21. The lowest BCUT2D eigenvalue weighted by molar-refractivity contribution is -0.115. The molecule has 0 fully saturated rings. The van der Waals surface area contributed by atoms with E-state index in [0.717, 1.165) is 16.7 Å². The summed E-state index contributed by atoms with van der Waals surface area (Å²) in [5.74, 6) is 0.508. The lowest BCUT2D eigenvalue weighted by Gasteiger charge is -2.09. The summed E-state index contributed by atoms with van der Waals surface area (Å²) in [5.41, 5.74) is 2.90. The van der Waals surface area contributed by atoms with Crippen LogP contribution in [-0.4, -0.2) is 10.9 Å². The number of aliphatic hydroxyl groups excluding tert-OH is 1. The van der Waals surface area contributed by atoms with Crippen LogP contribution in [0.3, 0.4) is 0 Å². The number of rotatable bonds is 5. The van der Waals surface area contributed by atoms with Gasteiger partial charge in [0, 0.05) is 6.92 Å². The molecular formula is C18H18O3. The zero-order valence-corrected chi connectivity index (χ0v) is 12.2. The predicted molar refractivity (Wildman–Crippen MR) is 83.0 cm³/mol. The molecule has 0 aliphatic heterocycles. The molecule has 21 heavy (non-hydrogen) atoms. The van der Waals surface area contributed by atoms with Crippen LogP contribution in [0, 0.1) is 0 Å². The van der Waals surface area contributed by atoms with Crippen LogP contribution in [0.4, 0.5) is 0 Å². The van der Waals surface area contributed by atoms with Crippen LogP contribution < -0.4 is 4.74 Å². The highest BCUT2D eigenvalue weighted by Crippen LogP contribution is 2.25. The van der Waals surface area contributed by atoms with E-state index in [1.165, 1.54) is 6.92 Å². The largest absolute Gasteiger partial charge is 0.454 e. The first-order valence-corrected chi connectivity index (χ1v) is 6.73. The second kappa shape index (κ2) is 6.37. The number of aliphatic hydroxyl groups is 1. The molecule has 1 N–H and O–H groups in total. The number of carbonyl (C=O) groups is 1. The molecular weight excluding hydrogens is 264 g/mol. The topological polar surface area (TPSA) is 46.5 Å². The Morgan fingerprint density at radius 3 is 2.38 bits per heavy atom. The number of hydrogen-bond donors (Lipinski definition) is 1. The van der Waals surface area contributed by atoms with Crippen LogP contribution in [0.25, 0.3) is 11.1 Å². The Morgan fingerprint density at radius 1 is 1.14 bits per heavy atom. The SMILES string of the molecule is C=C(Oc1ccc(-c2cccc([C@@H](C)O)c2)cc1)C(C)=O. The fourth-order valence-corrected chi connectivity index (χ4v) is 1.91. The maximum absolute atomic E-state index is 11.1. The van der Waals surface area contributed by atoms with Crippen LogP contribution in [0.2, 0.25) is 0 Å². The van der Waals surface area contributed by atoms with Gasteiger partial charge in [-0.3, -0.25) is 4.79 Å². The van der Waals surface area contributed by atoms with Crippen molar-refractivity contribution in [3.05, 3.63) is 66.4 Å². The Labute approximate surface area is 124 Å². The molecule has 0 aliphatic carbocycles. The Bertz CT molecular complexity index is 654. The Morgan fingerprint density at radius 2 is 1.81 bits per heavy atom. The molecule has 0 aliphatic rings. The maximum Gasteiger partial charge on any atom is 0.194 e. The standard InChI is InChI=1S/C18H18O3/c1-12(19)14(3)21-18-9-7-15(8-10-18)17-6-4-5-16(11-17)13(2)20/h4-11,13,20H,3H2,1-2H3/t13-/m1/s1. The minimum atomic E-state index is -0.494. The molecule has 0 spiro atoms. The van der Waals surface area contributed by atoms with Gasteiger partial charge in [0.1, 0.15) is 5.75 Å². The zero-order valence-electron chi connectivity index (χ0n) is 12.2. The summed E-state index contributed by atoms with van der Waals surface area (Å²) in [6.07, 6.45) is -0.494. The highest BCUT2D eigenvalue weighted by molar-refractivity contribution is 5.91. The summed E-state index contributed by atoms with van der Waals surface area (Å²) in [7, 11) is 0. The lowest BCUT2D eigenvalue weighted by Crippen LogP contribution is -2.02. The van der Waals surface area contributed by atoms with Crippen molar-refractivity contribution < 1.29 is 14.6 Å². The van der Waals surface area contributed by atoms with Crippen molar-refractivity contribution in [1.82, 2.24) is 0 Å². The van der Waals surface area contributed by atoms with Crippen LogP contribution >= 0.6 is 0 Å². The first kappa shape index (κ1) is 15.0. The molecule has 1 atom stereocenters. The van der Waals surface area contributed by atoms with Gasteiger partial charge in [-0.25, -0.2) is 0 Å². The molecule has 3 nitrogen and oxygen atoms in total. The molecule has 0 amide bonds. The number of Topliss-reactive ketones (excluding diaryl/α,β-unsaturated/α-hetero) is 1. The van der Waals surface area contributed by atoms with Gasteiger partial charge in [-0.1, -0.05) is 36.9 Å². The Kier molecular flexibility index (Phi) is 4.55. The normalized spacial score (nSPS) is 11.8. The van der Waals surface area contributed by atoms with Crippen LogP contribution in [0.1, 0.15) is 25.5 Å². The Hall–Kier alpha value is -2.39. The molecule has 2 rings (SSSR count). The lowest BCUT2D eigenvalue weighted by atomic mass is 10.0. The van der Waals surface area contributed by atoms with E-state index in [1.807, 2.05) is 36.4 Å². The molecule has 0 saturated heterocycles. The first-order valence-electron chi connectivity index (χ1n) is 6.73. The van der Waals surface area contributed by atoms with Gasteiger partial charge < -0.3 is 9.84 Å². The third-order valence-corrected chi connectivity index (χ3v) is 3.19. The highest BCUT2D eigenvalue weighted by Gasteiger charge is 2.06. The highest BCUT2D eigenvalue weighted by atomic mass is 16.5. The van der Waals surface area contributed by atoms with Crippen LogP contribution in [-0.2, 0) is 4.79 Å². The van der Waals surface area contributed by atoms with Crippen molar-refractivity contribution in [2.45, 2.75) is 20.0 Å². The van der Waals surface area contributed by atoms with E-state index in [1.54, 1.807) is 19.1 Å². The molecule has 0 bridgehead atoms. The molecule has 0 radical (unpaired) electrons. The third-order valence-electron chi connectivity index (χ3n) is 3.19. The second-order valence-electron chi connectivity index (χ2n) is 4.91. The quantitative estimate of drug-likeness (QED) is 0.668. The summed E-state index contributed by atoms with van der Waals surface area (Å²) in [6, 6.07) is 15.1. The number of ether oxygens (including phenoxy) is 1. The van der Waals surface area contributed by atoms with Crippen LogP contribution in [0.15, 0.2) is 60.9 Å². The average molecular weight is 282 g/mol. The number of ketones is 1. The van der Waals surface area contributed by atoms with E-state index < -0.39 is 6.10 Å². The monoisotopic (exact) mass is 282 g/mol. The number of benzene rings is 2. The van der Waals surface area contributed by atoms with Crippen molar-refractivity contribution in [2.24, 2.45) is 0 Å². The number of hydrogen-bond acceptors (Lipinski definition) is 3. The van der Waals surface area contributed by atoms with Gasteiger partial charge in [-0.15, -0.1) is 0 Å². The smallest absolute Gasteiger partial charge is 0.194 e. The van der Waals surface area contributed by atoms with Crippen molar-refractivity contribution >= 4 is 5.78 Å². The minimum Gasteiger partial charge on any atom is -0.454 e. The summed E-state index contributed by atoms with van der Waals surface area (Å²) < 4.78 is 5.34. The summed E-state index contributed by atoms with van der Waals surface area (Å²) in [4.78, 5) is 11.1. The fraction of sp³-hybridized carbons (Fsp3) is 0.167. The van der Waals surface area contributed by atoms with Crippen LogP contribution in [0.5, 0.6) is 5.75 Å². The van der Waals surface area contributed by atoms with E-state index in [9.17, 15) is 9.90 Å². The molecule has 0 unspecified atom stereocenters. The van der Waals surface area contributed by atoms with Gasteiger partial charge in [0.2, 0.25) is 0 Å². The van der Waals surface area contributed by atoms with E-state index in [4.69, 9.17) is 4.74 Å². The summed E-state index contributed by atoms with van der Waals surface area (Å²) in [5, 5.41) is 9.63. The molecule has 0 heterocycles. The maximum atomic E-state index is 11.1. The van der Waals surface area contributed by atoms with Crippen molar-refractivity contribution in [3.63, 3.8) is 0 Å². The zero-order chi connectivity index (χ0) is 15.4. The second-order valence-corrected chi connectivity index (χ2v) is 4.91. The minimum absolute atomic E-state index is 0.124. The molecule has 2 aromatic rings. The van der Waals surface area contributed by atoms with E-state index in [-0.39, 0.29) is 11.5 Å². The summed E-state index contributed by atoms with van der Waals surface area (Å²) in [6.45, 7) is 6.72.